The summed E-state index contributed by atoms with van der Waals surface area (Å²) in [5.41, 5.74) is 0. The van der Waals surface area contributed by atoms with E-state index in [-0.39, 0.29) is 6.61 Å². The Morgan fingerprint density at radius 1 is 1.70 bits per heavy atom. The molecule has 0 saturated carbocycles. The molecule has 1 amide bonds. The molecule has 1 aliphatic rings. The molecule has 1 N–H and O–H groups in total. The Morgan fingerprint density at radius 3 is 3.00 bits per heavy atom. The van der Waals surface area contributed by atoms with Crippen LogP contribution in [0.25, 0.3) is 0 Å². The summed E-state index contributed by atoms with van der Waals surface area (Å²) in [6.07, 6.45) is 2.78. The molecule has 0 spiro atoms. The number of carbonyl (C=O) groups excluding carboxylic acids is 1. The zero-order chi connectivity index (χ0) is 7.40. The first kappa shape index (κ1) is 7.54. The molecule has 0 aromatic carbocycles. The van der Waals surface area contributed by atoms with E-state index in [0.717, 1.165) is 32.3 Å². The fourth-order valence-corrected chi connectivity index (χ4v) is 1.38. The Balaban J connectivity index is 2.21. The smallest absolute Gasteiger partial charge is 0.209 e. The second-order valence-corrected chi connectivity index (χ2v) is 2.77. The SMILES string of the molecule is O=CN1CCC(CCO)C1. The van der Waals surface area contributed by atoms with Gasteiger partial charge in [0.15, 0.2) is 0 Å². The number of carbonyl (C=O) groups is 1. The number of amides is 1. The van der Waals surface area contributed by atoms with Crippen LogP contribution in [0.4, 0.5) is 0 Å². The van der Waals surface area contributed by atoms with Crippen LogP contribution in [0, 0.1) is 5.92 Å². The van der Waals surface area contributed by atoms with Crippen molar-refractivity contribution in [2.75, 3.05) is 19.7 Å². The molecule has 1 heterocycles. The van der Waals surface area contributed by atoms with Crippen molar-refractivity contribution >= 4 is 6.41 Å². The molecular weight excluding hydrogens is 130 g/mol. The molecule has 1 saturated heterocycles. The molecule has 3 heteroatoms. The number of hydrogen-bond acceptors (Lipinski definition) is 2. The average molecular weight is 143 g/mol. The zero-order valence-electron chi connectivity index (χ0n) is 5.99. The quantitative estimate of drug-likeness (QED) is 0.558. The number of hydrogen-bond donors (Lipinski definition) is 1. The molecule has 1 unspecified atom stereocenters. The third kappa shape index (κ3) is 1.70. The van der Waals surface area contributed by atoms with E-state index in [1.807, 2.05) is 0 Å². The Labute approximate surface area is 60.6 Å². The van der Waals surface area contributed by atoms with Crippen LogP contribution < -0.4 is 0 Å². The van der Waals surface area contributed by atoms with Gasteiger partial charge < -0.3 is 10.0 Å². The predicted octanol–water partition coefficient (Wildman–Crippen LogP) is -0.153. The fourth-order valence-electron chi connectivity index (χ4n) is 1.38. The minimum Gasteiger partial charge on any atom is -0.396 e. The van der Waals surface area contributed by atoms with E-state index in [4.69, 9.17) is 5.11 Å². The summed E-state index contributed by atoms with van der Waals surface area (Å²) >= 11 is 0. The van der Waals surface area contributed by atoms with Crippen molar-refractivity contribution in [1.29, 1.82) is 0 Å². The van der Waals surface area contributed by atoms with Gasteiger partial charge in [0, 0.05) is 19.7 Å². The molecule has 0 aromatic rings. The van der Waals surface area contributed by atoms with Crippen molar-refractivity contribution in [2.45, 2.75) is 12.8 Å². The van der Waals surface area contributed by atoms with E-state index < -0.39 is 0 Å². The molecule has 1 fully saturated rings. The third-order valence-electron chi connectivity index (χ3n) is 2.00. The second kappa shape index (κ2) is 3.56. The van der Waals surface area contributed by atoms with Gasteiger partial charge in [-0.15, -0.1) is 0 Å². The van der Waals surface area contributed by atoms with Crippen molar-refractivity contribution in [3.05, 3.63) is 0 Å². The van der Waals surface area contributed by atoms with Gasteiger partial charge in [-0.1, -0.05) is 0 Å². The van der Waals surface area contributed by atoms with Gasteiger partial charge in [0.2, 0.25) is 6.41 Å². The molecule has 1 atom stereocenters. The average Bonchev–Trinajstić information content (AvgIpc) is 2.37. The van der Waals surface area contributed by atoms with Gasteiger partial charge >= 0.3 is 0 Å². The number of rotatable bonds is 3. The molecule has 3 nitrogen and oxygen atoms in total. The highest BCUT2D eigenvalue weighted by atomic mass is 16.3. The molecular formula is C7H13NO2. The van der Waals surface area contributed by atoms with E-state index in [1.165, 1.54) is 0 Å². The highest BCUT2D eigenvalue weighted by Crippen LogP contribution is 2.16. The second-order valence-electron chi connectivity index (χ2n) is 2.77. The van der Waals surface area contributed by atoms with Gasteiger partial charge in [-0.2, -0.15) is 0 Å². The number of aliphatic hydroxyl groups excluding tert-OH is 1. The van der Waals surface area contributed by atoms with Crippen LogP contribution in [-0.4, -0.2) is 36.1 Å². The van der Waals surface area contributed by atoms with Gasteiger partial charge in [0.1, 0.15) is 0 Å². The largest absolute Gasteiger partial charge is 0.396 e. The molecule has 1 rings (SSSR count). The van der Waals surface area contributed by atoms with Crippen LogP contribution in [-0.2, 0) is 4.79 Å². The van der Waals surface area contributed by atoms with E-state index >= 15 is 0 Å². The fraction of sp³-hybridized carbons (Fsp3) is 0.857. The van der Waals surface area contributed by atoms with E-state index in [1.54, 1.807) is 4.90 Å². The first-order valence-corrected chi connectivity index (χ1v) is 3.67. The van der Waals surface area contributed by atoms with Crippen LogP contribution in [0.5, 0.6) is 0 Å². The summed E-state index contributed by atoms with van der Waals surface area (Å²) in [5.74, 6) is 0.537. The van der Waals surface area contributed by atoms with E-state index in [0.29, 0.717) is 5.92 Å². The predicted molar refractivity (Wildman–Crippen MR) is 37.4 cm³/mol. The van der Waals surface area contributed by atoms with Crippen molar-refractivity contribution in [1.82, 2.24) is 4.90 Å². The Bertz CT molecular complexity index is 116. The maximum Gasteiger partial charge on any atom is 0.209 e. The molecule has 1 aliphatic heterocycles. The molecule has 58 valence electrons. The van der Waals surface area contributed by atoms with Crippen LogP contribution in [0.15, 0.2) is 0 Å². The molecule has 10 heavy (non-hydrogen) atoms. The molecule has 0 aliphatic carbocycles. The van der Waals surface area contributed by atoms with Crippen LogP contribution >= 0.6 is 0 Å². The molecule has 0 aromatic heterocycles. The van der Waals surface area contributed by atoms with Gasteiger partial charge in [-0.3, -0.25) is 4.79 Å². The minimum atomic E-state index is 0.247. The number of aliphatic hydroxyl groups is 1. The Hall–Kier alpha value is -0.570. The Morgan fingerprint density at radius 2 is 2.50 bits per heavy atom. The van der Waals surface area contributed by atoms with E-state index in [2.05, 4.69) is 0 Å². The lowest BCUT2D eigenvalue weighted by molar-refractivity contribution is -0.117. The normalized spacial score (nSPS) is 25.3. The highest BCUT2D eigenvalue weighted by molar-refractivity contribution is 5.47. The first-order chi connectivity index (χ1) is 4.86. The van der Waals surface area contributed by atoms with Gasteiger partial charge in [0.25, 0.3) is 0 Å². The summed E-state index contributed by atoms with van der Waals surface area (Å²) in [4.78, 5) is 12.0. The lowest BCUT2D eigenvalue weighted by Crippen LogP contribution is -2.18. The first-order valence-electron chi connectivity index (χ1n) is 3.67. The van der Waals surface area contributed by atoms with Crippen molar-refractivity contribution in [2.24, 2.45) is 5.92 Å². The summed E-state index contributed by atoms with van der Waals surface area (Å²) < 4.78 is 0. The Kier molecular flexibility index (Phi) is 2.68. The van der Waals surface area contributed by atoms with Crippen molar-refractivity contribution in [3.63, 3.8) is 0 Å². The topological polar surface area (TPSA) is 40.5 Å². The minimum absolute atomic E-state index is 0.247. The van der Waals surface area contributed by atoms with Gasteiger partial charge in [0.05, 0.1) is 0 Å². The summed E-state index contributed by atoms with van der Waals surface area (Å²) in [5, 5.41) is 8.58. The molecule has 0 bridgehead atoms. The number of likely N-dealkylation sites (tertiary alicyclic amines) is 1. The zero-order valence-corrected chi connectivity index (χ0v) is 5.99. The lowest BCUT2D eigenvalue weighted by Gasteiger charge is -2.07. The standard InChI is InChI=1S/C7H13NO2/c9-4-2-7-1-3-8(5-7)6-10/h6-7,9H,1-5H2. The van der Waals surface area contributed by atoms with Crippen LogP contribution in [0.3, 0.4) is 0 Å². The van der Waals surface area contributed by atoms with Crippen LogP contribution in [0.2, 0.25) is 0 Å². The van der Waals surface area contributed by atoms with Crippen LogP contribution in [0.1, 0.15) is 12.8 Å². The van der Waals surface area contributed by atoms with E-state index in [9.17, 15) is 4.79 Å². The summed E-state index contributed by atoms with van der Waals surface area (Å²) in [7, 11) is 0. The lowest BCUT2D eigenvalue weighted by atomic mass is 10.1. The number of nitrogens with zero attached hydrogens (tertiary/aromatic N) is 1. The van der Waals surface area contributed by atoms with Crippen molar-refractivity contribution in [3.8, 4) is 0 Å². The third-order valence-corrected chi connectivity index (χ3v) is 2.00. The van der Waals surface area contributed by atoms with Gasteiger partial charge in [-0.05, 0) is 18.8 Å². The highest BCUT2D eigenvalue weighted by Gasteiger charge is 2.19. The monoisotopic (exact) mass is 143 g/mol. The maximum absolute atomic E-state index is 10.2. The summed E-state index contributed by atoms with van der Waals surface area (Å²) in [6.45, 7) is 1.95. The maximum atomic E-state index is 10.2. The van der Waals surface area contributed by atoms with Gasteiger partial charge in [-0.25, -0.2) is 0 Å². The van der Waals surface area contributed by atoms with Crippen molar-refractivity contribution < 1.29 is 9.90 Å². The summed E-state index contributed by atoms with van der Waals surface area (Å²) in [6, 6.07) is 0. The molecule has 0 radical (unpaired) electrons.